The molecule has 0 aliphatic carbocycles. The Kier molecular flexibility index (Phi) is 3.69. The maximum atomic E-state index is 12.2. The molecule has 4 rings (SSSR count). The number of pyridine rings is 1. The van der Waals surface area contributed by atoms with Crippen LogP contribution in [0.4, 0.5) is 13.2 Å². The second-order valence-corrected chi connectivity index (χ2v) is 6.17. The minimum Gasteiger partial charge on any atom is -0.406 e. The van der Waals surface area contributed by atoms with E-state index in [1.165, 1.54) is 12.1 Å². The average Bonchev–Trinajstić information content (AvgIpc) is 3.22. The number of thiophene rings is 1. The minimum atomic E-state index is -4.70. The average molecular weight is 361 g/mol. The van der Waals surface area contributed by atoms with Crippen molar-refractivity contribution in [3.8, 4) is 27.6 Å². The van der Waals surface area contributed by atoms with Crippen molar-refractivity contribution >= 4 is 17.0 Å². The molecule has 8 heteroatoms. The lowest BCUT2D eigenvalue weighted by molar-refractivity contribution is -0.274. The summed E-state index contributed by atoms with van der Waals surface area (Å²) in [5.74, 6) is 0.477. The Morgan fingerprint density at radius 2 is 1.68 bits per heavy atom. The zero-order valence-electron chi connectivity index (χ0n) is 12.6. The number of aromatic nitrogens is 3. The summed E-state index contributed by atoms with van der Waals surface area (Å²) < 4.78 is 42.5. The van der Waals surface area contributed by atoms with Crippen LogP contribution in [0, 0.1) is 0 Å². The quantitative estimate of drug-likeness (QED) is 0.514. The molecule has 0 saturated carbocycles. The Morgan fingerprint density at radius 3 is 2.36 bits per heavy atom. The lowest BCUT2D eigenvalue weighted by Crippen LogP contribution is -2.16. The van der Waals surface area contributed by atoms with Gasteiger partial charge in [0, 0.05) is 6.20 Å². The highest BCUT2D eigenvalue weighted by Crippen LogP contribution is 2.28. The predicted molar refractivity (Wildman–Crippen MR) is 88.4 cm³/mol. The molecule has 0 aliphatic heterocycles. The van der Waals surface area contributed by atoms with Crippen LogP contribution in [0.5, 0.6) is 5.75 Å². The molecule has 0 N–H and O–H groups in total. The summed E-state index contributed by atoms with van der Waals surface area (Å²) in [7, 11) is 0. The Morgan fingerprint density at radius 1 is 0.920 bits per heavy atom. The van der Waals surface area contributed by atoms with Gasteiger partial charge in [0.2, 0.25) is 0 Å². The molecule has 0 bridgehead atoms. The molecule has 3 aromatic heterocycles. The first-order valence-electron chi connectivity index (χ1n) is 7.24. The third kappa shape index (κ3) is 3.20. The monoisotopic (exact) mass is 361 g/mol. The van der Waals surface area contributed by atoms with Crippen molar-refractivity contribution in [3.05, 3.63) is 60.1 Å². The second-order valence-electron chi connectivity index (χ2n) is 5.22. The number of nitrogens with zero attached hydrogens (tertiary/aromatic N) is 3. The first kappa shape index (κ1) is 15.6. The summed E-state index contributed by atoms with van der Waals surface area (Å²) in [6.45, 7) is 0. The summed E-state index contributed by atoms with van der Waals surface area (Å²) >= 11 is 1.56. The summed E-state index contributed by atoms with van der Waals surface area (Å²) in [6, 6.07) is 13.3. The Bertz CT molecular complexity index is 1010. The lowest BCUT2D eigenvalue weighted by Gasteiger charge is -2.09. The number of alkyl halides is 3. The normalized spacial score (nSPS) is 11.8. The molecule has 0 spiro atoms. The molecular formula is C17H10F3N3OS. The third-order valence-electron chi connectivity index (χ3n) is 3.57. The Balaban J connectivity index is 1.71. The zero-order valence-corrected chi connectivity index (χ0v) is 13.4. The molecule has 0 atom stereocenters. The molecule has 0 radical (unpaired) electrons. The first-order chi connectivity index (χ1) is 12.0. The number of hydrogen-bond donors (Lipinski definition) is 0. The SMILES string of the molecule is FC(F)(F)Oc1ccc(-c2ccc3nnc(-c4cccs4)n3c2)cc1. The maximum Gasteiger partial charge on any atom is 0.573 e. The molecule has 0 unspecified atom stereocenters. The van der Waals surface area contributed by atoms with E-state index in [0.29, 0.717) is 5.65 Å². The van der Waals surface area contributed by atoms with Gasteiger partial charge in [-0.2, -0.15) is 0 Å². The van der Waals surface area contributed by atoms with E-state index in [1.54, 1.807) is 23.5 Å². The summed E-state index contributed by atoms with van der Waals surface area (Å²) in [6.07, 6.45) is -2.83. The van der Waals surface area contributed by atoms with Crippen LogP contribution in [0.3, 0.4) is 0 Å². The number of ether oxygens (including phenoxy) is 1. The van der Waals surface area contributed by atoms with Gasteiger partial charge in [-0.05, 0) is 46.8 Å². The molecule has 0 fully saturated rings. The van der Waals surface area contributed by atoms with Gasteiger partial charge < -0.3 is 4.74 Å². The van der Waals surface area contributed by atoms with Gasteiger partial charge in [0.25, 0.3) is 0 Å². The lowest BCUT2D eigenvalue weighted by atomic mass is 10.1. The van der Waals surface area contributed by atoms with Crippen LogP contribution >= 0.6 is 11.3 Å². The minimum absolute atomic E-state index is 0.249. The highest BCUT2D eigenvalue weighted by molar-refractivity contribution is 7.13. The van der Waals surface area contributed by atoms with Gasteiger partial charge in [0.15, 0.2) is 11.5 Å². The van der Waals surface area contributed by atoms with E-state index >= 15 is 0 Å². The van der Waals surface area contributed by atoms with Crippen molar-refractivity contribution < 1.29 is 17.9 Å². The zero-order chi connectivity index (χ0) is 17.4. The molecule has 3 heterocycles. The van der Waals surface area contributed by atoms with E-state index in [9.17, 15) is 13.2 Å². The van der Waals surface area contributed by atoms with Crippen LogP contribution in [0.15, 0.2) is 60.1 Å². The van der Waals surface area contributed by atoms with Gasteiger partial charge in [-0.1, -0.05) is 18.2 Å². The molecule has 0 aliphatic rings. The number of benzene rings is 1. The van der Waals surface area contributed by atoms with Gasteiger partial charge in [-0.3, -0.25) is 4.40 Å². The molecule has 0 amide bonds. The number of hydrogen-bond acceptors (Lipinski definition) is 4. The van der Waals surface area contributed by atoms with E-state index in [0.717, 1.165) is 21.8 Å². The Hall–Kier alpha value is -2.87. The topological polar surface area (TPSA) is 39.4 Å². The fourth-order valence-electron chi connectivity index (χ4n) is 2.48. The van der Waals surface area contributed by atoms with Crippen molar-refractivity contribution in [1.82, 2.24) is 14.6 Å². The third-order valence-corrected chi connectivity index (χ3v) is 4.43. The van der Waals surface area contributed by atoms with Crippen LogP contribution < -0.4 is 4.74 Å². The van der Waals surface area contributed by atoms with Gasteiger partial charge in [0.05, 0.1) is 4.88 Å². The summed E-state index contributed by atoms with van der Waals surface area (Å²) in [5, 5.41) is 10.3. The predicted octanol–water partition coefficient (Wildman–Crippen LogP) is 5.02. The summed E-state index contributed by atoms with van der Waals surface area (Å²) in [4.78, 5) is 0.985. The molecule has 1 aromatic carbocycles. The fourth-order valence-corrected chi connectivity index (χ4v) is 3.19. The molecule has 126 valence electrons. The van der Waals surface area contributed by atoms with E-state index in [2.05, 4.69) is 14.9 Å². The number of rotatable bonds is 3. The van der Waals surface area contributed by atoms with Crippen molar-refractivity contribution in [2.45, 2.75) is 6.36 Å². The molecule has 25 heavy (non-hydrogen) atoms. The second kappa shape index (κ2) is 5.89. The maximum absolute atomic E-state index is 12.2. The van der Waals surface area contributed by atoms with E-state index in [-0.39, 0.29) is 5.75 Å². The van der Waals surface area contributed by atoms with Crippen LogP contribution in [0.25, 0.3) is 27.5 Å². The molecule has 4 nitrogen and oxygen atoms in total. The van der Waals surface area contributed by atoms with Crippen LogP contribution in [0.1, 0.15) is 0 Å². The molecule has 4 aromatic rings. The van der Waals surface area contributed by atoms with Crippen molar-refractivity contribution in [2.75, 3.05) is 0 Å². The first-order valence-corrected chi connectivity index (χ1v) is 8.12. The fraction of sp³-hybridized carbons (Fsp3) is 0.0588. The summed E-state index contributed by atoms with van der Waals surface area (Å²) in [5.41, 5.74) is 2.30. The highest BCUT2D eigenvalue weighted by Gasteiger charge is 2.30. The largest absolute Gasteiger partial charge is 0.573 e. The molecule has 0 saturated heterocycles. The van der Waals surface area contributed by atoms with Gasteiger partial charge in [-0.15, -0.1) is 34.7 Å². The Labute approximate surface area is 144 Å². The van der Waals surface area contributed by atoms with Crippen LogP contribution in [-0.4, -0.2) is 21.0 Å². The van der Waals surface area contributed by atoms with Crippen LogP contribution in [-0.2, 0) is 0 Å². The standard InChI is InChI=1S/C17H10F3N3OS/c18-17(19,20)24-13-6-3-11(4-7-13)12-5-8-15-21-22-16(23(15)10-12)14-2-1-9-25-14/h1-10H. The van der Waals surface area contributed by atoms with E-state index in [4.69, 9.17) is 0 Å². The van der Waals surface area contributed by atoms with E-state index in [1.807, 2.05) is 40.2 Å². The van der Waals surface area contributed by atoms with Gasteiger partial charge >= 0.3 is 6.36 Å². The van der Waals surface area contributed by atoms with E-state index < -0.39 is 6.36 Å². The van der Waals surface area contributed by atoms with Crippen molar-refractivity contribution in [3.63, 3.8) is 0 Å². The highest BCUT2D eigenvalue weighted by atomic mass is 32.1. The number of fused-ring (bicyclic) bond motifs is 1. The van der Waals surface area contributed by atoms with Gasteiger partial charge in [-0.25, -0.2) is 0 Å². The molecular weight excluding hydrogens is 351 g/mol. The van der Waals surface area contributed by atoms with Crippen molar-refractivity contribution in [1.29, 1.82) is 0 Å². The van der Waals surface area contributed by atoms with Crippen LogP contribution in [0.2, 0.25) is 0 Å². The smallest absolute Gasteiger partial charge is 0.406 e. The van der Waals surface area contributed by atoms with Gasteiger partial charge in [0.1, 0.15) is 5.75 Å². The van der Waals surface area contributed by atoms with Crippen molar-refractivity contribution in [2.24, 2.45) is 0 Å². The number of halogens is 3.